The fourth-order valence-electron chi connectivity index (χ4n) is 1.38. The first-order valence-corrected chi connectivity index (χ1v) is 4.83. The van der Waals surface area contributed by atoms with Gasteiger partial charge in [-0.2, -0.15) is 10.2 Å². The Morgan fingerprint density at radius 1 is 1.50 bits per heavy atom. The molecule has 84 valence electrons. The van der Waals surface area contributed by atoms with Gasteiger partial charge in [0.15, 0.2) is 0 Å². The molecule has 2 rings (SSSR count). The van der Waals surface area contributed by atoms with E-state index in [1.165, 1.54) is 23.4 Å². The number of hydrogen-bond acceptors (Lipinski definition) is 4. The average molecular weight is 221 g/mol. The molecule has 2 aromatic rings. The highest BCUT2D eigenvalue weighted by molar-refractivity contribution is 5.86. The van der Waals surface area contributed by atoms with Crippen LogP contribution < -0.4 is 0 Å². The zero-order valence-electron chi connectivity index (χ0n) is 8.74. The van der Waals surface area contributed by atoms with Crippen molar-refractivity contribution < 1.29 is 9.90 Å². The molecular formula is C9H11N5O2. The summed E-state index contributed by atoms with van der Waals surface area (Å²) in [6.45, 7) is 3.10. The van der Waals surface area contributed by atoms with Crippen LogP contribution >= 0.6 is 0 Å². The second kappa shape index (κ2) is 4.13. The molecule has 0 spiro atoms. The smallest absolute Gasteiger partial charge is 0.338 e. The summed E-state index contributed by atoms with van der Waals surface area (Å²) >= 11 is 0. The molecule has 0 aliphatic heterocycles. The van der Waals surface area contributed by atoms with Crippen molar-refractivity contribution in [2.24, 2.45) is 0 Å². The molecule has 1 N–H and O–H groups in total. The molecule has 7 heteroatoms. The standard InChI is InChI=1S/C9H11N5O2/c1-2-14-8(10-6-12-14)5-13-4-7(3-11-13)9(15)16/h3-4,6H,2,5H2,1H3,(H,15,16). The van der Waals surface area contributed by atoms with Gasteiger partial charge in [-0.05, 0) is 6.92 Å². The molecule has 0 unspecified atom stereocenters. The lowest BCUT2D eigenvalue weighted by atomic mass is 10.4. The topological polar surface area (TPSA) is 85.8 Å². The fraction of sp³-hybridized carbons (Fsp3) is 0.333. The molecule has 0 aliphatic carbocycles. The molecule has 2 aromatic heterocycles. The molecule has 0 fully saturated rings. The Balaban J connectivity index is 2.17. The van der Waals surface area contributed by atoms with E-state index in [2.05, 4.69) is 15.2 Å². The highest BCUT2D eigenvalue weighted by Gasteiger charge is 2.08. The van der Waals surface area contributed by atoms with Gasteiger partial charge in [0.2, 0.25) is 0 Å². The van der Waals surface area contributed by atoms with E-state index in [-0.39, 0.29) is 5.56 Å². The minimum Gasteiger partial charge on any atom is -0.478 e. The van der Waals surface area contributed by atoms with Crippen molar-refractivity contribution in [1.82, 2.24) is 24.5 Å². The van der Waals surface area contributed by atoms with Gasteiger partial charge >= 0.3 is 5.97 Å². The van der Waals surface area contributed by atoms with Crippen molar-refractivity contribution in [2.45, 2.75) is 20.0 Å². The number of carbonyl (C=O) groups is 1. The highest BCUT2D eigenvalue weighted by atomic mass is 16.4. The Morgan fingerprint density at radius 3 is 2.94 bits per heavy atom. The summed E-state index contributed by atoms with van der Waals surface area (Å²) < 4.78 is 3.27. The summed E-state index contributed by atoms with van der Waals surface area (Å²) in [5, 5.41) is 16.7. The number of aryl methyl sites for hydroxylation is 1. The third kappa shape index (κ3) is 1.92. The molecule has 0 saturated heterocycles. The van der Waals surface area contributed by atoms with Crippen LogP contribution in [-0.2, 0) is 13.1 Å². The van der Waals surface area contributed by atoms with Gasteiger partial charge in [0.1, 0.15) is 18.7 Å². The van der Waals surface area contributed by atoms with E-state index < -0.39 is 5.97 Å². The van der Waals surface area contributed by atoms with Gasteiger partial charge in [-0.15, -0.1) is 0 Å². The van der Waals surface area contributed by atoms with Gasteiger partial charge in [0.05, 0.1) is 11.8 Å². The lowest BCUT2D eigenvalue weighted by Gasteiger charge is -2.02. The Kier molecular flexibility index (Phi) is 2.67. The molecule has 0 atom stereocenters. The number of carboxylic acid groups (broad SMARTS) is 1. The molecule has 0 saturated carbocycles. The van der Waals surface area contributed by atoms with E-state index in [1.807, 2.05) is 6.92 Å². The zero-order chi connectivity index (χ0) is 11.5. The van der Waals surface area contributed by atoms with Gasteiger partial charge in [-0.25, -0.2) is 14.5 Å². The van der Waals surface area contributed by atoms with E-state index >= 15 is 0 Å². The van der Waals surface area contributed by atoms with E-state index in [9.17, 15) is 4.79 Å². The zero-order valence-corrected chi connectivity index (χ0v) is 8.74. The van der Waals surface area contributed by atoms with Crippen molar-refractivity contribution in [2.75, 3.05) is 0 Å². The van der Waals surface area contributed by atoms with E-state index in [0.29, 0.717) is 6.54 Å². The maximum Gasteiger partial charge on any atom is 0.338 e. The van der Waals surface area contributed by atoms with Crippen LogP contribution in [0.2, 0.25) is 0 Å². The lowest BCUT2D eigenvalue weighted by molar-refractivity contribution is 0.0697. The molecule has 0 amide bonds. The molecule has 0 radical (unpaired) electrons. The third-order valence-electron chi connectivity index (χ3n) is 2.18. The first-order chi connectivity index (χ1) is 7.70. The molecule has 0 aliphatic rings. The van der Waals surface area contributed by atoms with Crippen LogP contribution in [0.3, 0.4) is 0 Å². The summed E-state index contributed by atoms with van der Waals surface area (Å²) in [4.78, 5) is 14.7. The minimum atomic E-state index is -0.983. The van der Waals surface area contributed by atoms with Crippen LogP contribution in [0.25, 0.3) is 0 Å². The summed E-state index contributed by atoms with van der Waals surface area (Å²) in [7, 11) is 0. The Labute approximate surface area is 91.3 Å². The maximum atomic E-state index is 10.7. The second-order valence-electron chi connectivity index (χ2n) is 3.22. The third-order valence-corrected chi connectivity index (χ3v) is 2.18. The van der Waals surface area contributed by atoms with Crippen LogP contribution in [0.5, 0.6) is 0 Å². The Hall–Kier alpha value is -2.18. The summed E-state index contributed by atoms with van der Waals surface area (Å²) in [6, 6.07) is 0. The van der Waals surface area contributed by atoms with Crippen LogP contribution in [0, 0.1) is 0 Å². The van der Waals surface area contributed by atoms with Gasteiger partial charge in [0, 0.05) is 12.7 Å². The summed E-state index contributed by atoms with van der Waals surface area (Å²) in [5.74, 6) is -0.231. The SMILES string of the molecule is CCn1ncnc1Cn1cc(C(=O)O)cn1. The molecule has 2 heterocycles. The van der Waals surface area contributed by atoms with Crippen molar-refractivity contribution >= 4 is 5.97 Å². The van der Waals surface area contributed by atoms with Crippen molar-refractivity contribution in [3.05, 3.63) is 30.1 Å². The summed E-state index contributed by atoms with van der Waals surface area (Å²) in [5.41, 5.74) is 0.169. The van der Waals surface area contributed by atoms with Gasteiger partial charge in [-0.1, -0.05) is 0 Å². The summed E-state index contributed by atoms with van der Waals surface area (Å²) in [6.07, 6.45) is 4.26. The predicted molar refractivity (Wildman–Crippen MR) is 54.0 cm³/mol. The molecule has 7 nitrogen and oxygen atoms in total. The number of rotatable bonds is 4. The van der Waals surface area contributed by atoms with Crippen LogP contribution in [0.15, 0.2) is 18.7 Å². The first kappa shape index (κ1) is 10.3. The van der Waals surface area contributed by atoms with Crippen LogP contribution in [0.1, 0.15) is 23.1 Å². The minimum absolute atomic E-state index is 0.169. The number of hydrogen-bond donors (Lipinski definition) is 1. The first-order valence-electron chi connectivity index (χ1n) is 4.83. The van der Waals surface area contributed by atoms with Gasteiger partial charge in [-0.3, -0.25) is 4.68 Å². The monoisotopic (exact) mass is 221 g/mol. The lowest BCUT2D eigenvalue weighted by Crippen LogP contribution is -2.09. The average Bonchev–Trinajstić information content (AvgIpc) is 2.87. The number of nitrogens with zero attached hydrogens (tertiary/aromatic N) is 5. The van der Waals surface area contributed by atoms with E-state index in [1.54, 1.807) is 4.68 Å². The highest BCUT2D eigenvalue weighted by Crippen LogP contribution is 2.01. The number of aromatic nitrogens is 5. The fourth-order valence-corrected chi connectivity index (χ4v) is 1.38. The quantitative estimate of drug-likeness (QED) is 0.799. The predicted octanol–water partition coefficient (Wildman–Crippen LogP) is 0.241. The van der Waals surface area contributed by atoms with Crippen LogP contribution in [0.4, 0.5) is 0 Å². The Morgan fingerprint density at radius 2 is 2.31 bits per heavy atom. The van der Waals surface area contributed by atoms with Crippen molar-refractivity contribution in [3.63, 3.8) is 0 Å². The second-order valence-corrected chi connectivity index (χ2v) is 3.22. The van der Waals surface area contributed by atoms with Crippen molar-refractivity contribution in [1.29, 1.82) is 0 Å². The van der Waals surface area contributed by atoms with Crippen molar-refractivity contribution in [3.8, 4) is 0 Å². The van der Waals surface area contributed by atoms with Crippen LogP contribution in [-0.4, -0.2) is 35.6 Å². The number of aromatic carboxylic acids is 1. The van der Waals surface area contributed by atoms with Gasteiger partial charge in [0.25, 0.3) is 0 Å². The normalized spacial score (nSPS) is 10.6. The molecule has 0 bridgehead atoms. The molecule has 16 heavy (non-hydrogen) atoms. The van der Waals surface area contributed by atoms with E-state index in [4.69, 9.17) is 5.11 Å². The number of carboxylic acids is 1. The Bertz CT molecular complexity index is 501. The molecule has 0 aromatic carbocycles. The van der Waals surface area contributed by atoms with E-state index in [0.717, 1.165) is 12.4 Å². The largest absolute Gasteiger partial charge is 0.478 e. The molecular weight excluding hydrogens is 210 g/mol. The maximum absolute atomic E-state index is 10.7. The van der Waals surface area contributed by atoms with Gasteiger partial charge < -0.3 is 5.11 Å².